The third-order valence-electron chi connectivity index (χ3n) is 6.26. The van der Waals surface area contributed by atoms with Crippen LogP contribution in [-0.4, -0.2) is 27.0 Å². The number of hydrogen-bond acceptors (Lipinski definition) is 8. The number of aliphatic hydroxyl groups excluding tert-OH is 1. The van der Waals surface area contributed by atoms with Crippen LogP contribution in [0.5, 0.6) is 0 Å². The monoisotopic (exact) mass is 627 g/mol. The van der Waals surface area contributed by atoms with Gasteiger partial charge in [0.2, 0.25) is 10.9 Å². The normalized spacial score (nSPS) is 15.4. The van der Waals surface area contributed by atoms with E-state index in [1.165, 1.54) is 16.7 Å². The van der Waals surface area contributed by atoms with Gasteiger partial charge in [0.25, 0.3) is 5.91 Å². The van der Waals surface area contributed by atoms with Gasteiger partial charge in [-0.2, -0.15) is 0 Å². The molecular formula is C28H16Cl3N3O4S2. The van der Waals surface area contributed by atoms with Gasteiger partial charge in [0.15, 0.2) is 15.9 Å². The van der Waals surface area contributed by atoms with Crippen molar-refractivity contribution >= 4 is 85.7 Å². The van der Waals surface area contributed by atoms with Gasteiger partial charge in [-0.05, 0) is 47.5 Å². The van der Waals surface area contributed by atoms with Crippen LogP contribution in [0.4, 0.5) is 5.13 Å². The molecule has 2 aromatic heterocycles. The van der Waals surface area contributed by atoms with E-state index in [-0.39, 0.29) is 16.5 Å². The van der Waals surface area contributed by atoms with Crippen molar-refractivity contribution in [1.29, 1.82) is 0 Å². The van der Waals surface area contributed by atoms with E-state index in [1.807, 2.05) is 18.2 Å². The number of fused-ring (bicyclic) bond motifs is 1. The highest BCUT2D eigenvalue weighted by Crippen LogP contribution is 2.44. The summed E-state index contributed by atoms with van der Waals surface area (Å²) in [5, 5.41) is 22.0. The Kier molecular flexibility index (Phi) is 7.33. The second-order valence-corrected chi connectivity index (χ2v) is 12.2. The zero-order chi connectivity index (χ0) is 28.0. The molecular weight excluding hydrogens is 613 g/mol. The molecule has 1 unspecified atom stereocenters. The quantitative estimate of drug-likeness (QED) is 0.110. The molecule has 0 saturated carbocycles. The first kappa shape index (κ1) is 26.9. The third kappa shape index (κ3) is 5.00. The molecule has 6 rings (SSSR count). The first-order chi connectivity index (χ1) is 19.3. The van der Waals surface area contributed by atoms with Crippen molar-refractivity contribution in [3.63, 3.8) is 0 Å². The number of benzene rings is 3. The molecule has 0 aliphatic carbocycles. The summed E-state index contributed by atoms with van der Waals surface area (Å²) in [5.74, 6) is -1.56. The zero-order valence-corrected chi connectivity index (χ0v) is 24.1. The number of furan rings is 1. The Morgan fingerprint density at radius 3 is 2.50 bits per heavy atom. The topological polar surface area (TPSA) is 96.5 Å². The summed E-state index contributed by atoms with van der Waals surface area (Å²) in [7, 11) is 0. The number of carbonyl (C=O) groups excluding carboxylic acids is 2. The number of amides is 1. The Labute approximate surface area is 251 Å². The molecule has 1 aliphatic heterocycles. The highest BCUT2D eigenvalue weighted by atomic mass is 35.5. The average molecular weight is 629 g/mol. The van der Waals surface area contributed by atoms with Crippen molar-refractivity contribution in [3.8, 4) is 0 Å². The van der Waals surface area contributed by atoms with Gasteiger partial charge < -0.3 is 9.52 Å². The van der Waals surface area contributed by atoms with Crippen molar-refractivity contribution in [2.75, 3.05) is 4.90 Å². The lowest BCUT2D eigenvalue weighted by Crippen LogP contribution is -2.31. The second-order valence-electron chi connectivity index (χ2n) is 8.74. The molecule has 0 bridgehead atoms. The predicted molar refractivity (Wildman–Crippen MR) is 158 cm³/mol. The number of anilines is 1. The summed E-state index contributed by atoms with van der Waals surface area (Å²) in [6.07, 6.45) is 0. The van der Waals surface area contributed by atoms with Crippen LogP contribution in [0.2, 0.25) is 15.1 Å². The molecule has 3 aromatic carbocycles. The minimum Gasteiger partial charge on any atom is -0.503 e. The number of aromatic nitrogens is 2. The Bertz CT molecular complexity index is 1780. The standard InChI is InChI=1S/C28H16Cl3N3O4S2/c29-17-8-5-14(6-9-17)23-22(24(35)21-11-15-3-1-2-4-20(15)38-21)25(36)26(37)34(23)27-32-33-28(40-27)39-13-16-7-10-18(30)12-19(16)31/h1-12,23,36H,13H2. The van der Waals surface area contributed by atoms with E-state index in [0.29, 0.717) is 36.3 Å². The molecule has 0 spiro atoms. The van der Waals surface area contributed by atoms with Crippen LogP contribution in [0.15, 0.2) is 92.9 Å². The lowest BCUT2D eigenvalue weighted by molar-refractivity contribution is -0.117. The summed E-state index contributed by atoms with van der Waals surface area (Å²) < 4.78 is 6.34. The lowest BCUT2D eigenvalue weighted by atomic mass is 9.95. The van der Waals surface area contributed by atoms with Crippen molar-refractivity contribution < 1.29 is 19.1 Å². The highest BCUT2D eigenvalue weighted by Gasteiger charge is 2.46. The van der Waals surface area contributed by atoms with Gasteiger partial charge in [0.05, 0.1) is 11.6 Å². The Balaban J connectivity index is 1.35. The van der Waals surface area contributed by atoms with Crippen molar-refractivity contribution in [3.05, 3.63) is 116 Å². The maximum absolute atomic E-state index is 13.7. The highest BCUT2D eigenvalue weighted by molar-refractivity contribution is 8.00. The minimum absolute atomic E-state index is 0.00437. The molecule has 7 nitrogen and oxygen atoms in total. The molecule has 3 heterocycles. The van der Waals surface area contributed by atoms with E-state index < -0.39 is 23.5 Å². The number of Topliss-reactive ketones (excluding diaryl/α,β-unsaturated/α-hetero) is 1. The van der Waals surface area contributed by atoms with E-state index in [9.17, 15) is 14.7 Å². The number of nitrogens with zero attached hydrogens (tertiary/aromatic N) is 3. The Hall–Kier alpha value is -3.34. The van der Waals surface area contributed by atoms with Crippen molar-refractivity contribution in [1.82, 2.24) is 10.2 Å². The van der Waals surface area contributed by atoms with Gasteiger partial charge in [-0.15, -0.1) is 10.2 Å². The molecule has 0 saturated heterocycles. The van der Waals surface area contributed by atoms with Gasteiger partial charge in [-0.1, -0.05) is 94.3 Å². The number of aliphatic hydroxyl groups is 1. The van der Waals surface area contributed by atoms with E-state index in [0.717, 1.165) is 22.3 Å². The fraction of sp³-hybridized carbons (Fsp3) is 0.0714. The number of hydrogen-bond donors (Lipinski definition) is 1. The SMILES string of the molecule is O=C(C1=C(O)C(=O)N(c2nnc(SCc3ccc(Cl)cc3Cl)s2)C1c1ccc(Cl)cc1)c1cc2ccccc2o1. The van der Waals surface area contributed by atoms with Crippen LogP contribution in [0.3, 0.4) is 0 Å². The minimum atomic E-state index is -0.984. The Morgan fingerprint density at radius 2 is 1.75 bits per heavy atom. The second kappa shape index (κ2) is 10.9. The third-order valence-corrected chi connectivity index (χ3v) is 9.20. The van der Waals surface area contributed by atoms with Gasteiger partial charge in [-0.3, -0.25) is 14.5 Å². The van der Waals surface area contributed by atoms with Crippen LogP contribution in [0.25, 0.3) is 11.0 Å². The number of carbonyl (C=O) groups is 2. The zero-order valence-electron chi connectivity index (χ0n) is 20.2. The van der Waals surface area contributed by atoms with Crippen LogP contribution in [-0.2, 0) is 10.5 Å². The fourth-order valence-corrected chi connectivity index (χ4v) is 6.91. The Morgan fingerprint density at radius 1 is 1.00 bits per heavy atom. The molecule has 1 N–H and O–H groups in total. The lowest BCUT2D eigenvalue weighted by Gasteiger charge is -2.23. The first-order valence-corrected chi connectivity index (χ1v) is 14.7. The molecule has 200 valence electrons. The van der Waals surface area contributed by atoms with Crippen molar-refractivity contribution in [2.45, 2.75) is 16.1 Å². The molecule has 0 fully saturated rings. The van der Waals surface area contributed by atoms with Gasteiger partial charge in [0.1, 0.15) is 5.58 Å². The molecule has 12 heteroatoms. The van der Waals surface area contributed by atoms with Crippen molar-refractivity contribution in [2.24, 2.45) is 0 Å². The molecule has 40 heavy (non-hydrogen) atoms. The number of para-hydroxylation sites is 1. The number of ketones is 1. The van der Waals surface area contributed by atoms with E-state index in [4.69, 9.17) is 39.2 Å². The molecule has 1 aliphatic rings. The summed E-state index contributed by atoms with van der Waals surface area (Å²) in [6, 6.07) is 19.7. The maximum Gasteiger partial charge on any atom is 0.296 e. The van der Waals surface area contributed by atoms with E-state index in [1.54, 1.807) is 54.6 Å². The summed E-state index contributed by atoms with van der Waals surface area (Å²) >= 11 is 20.9. The van der Waals surface area contributed by atoms with Crippen LogP contribution < -0.4 is 4.90 Å². The van der Waals surface area contributed by atoms with Gasteiger partial charge in [0, 0.05) is 26.2 Å². The maximum atomic E-state index is 13.7. The van der Waals surface area contributed by atoms with Gasteiger partial charge >= 0.3 is 0 Å². The van der Waals surface area contributed by atoms with E-state index in [2.05, 4.69) is 10.2 Å². The van der Waals surface area contributed by atoms with Crippen LogP contribution >= 0.6 is 57.9 Å². The van der Waals surface area contributed by atoms with Crippen LogP contribution in [0, 0.1) is 0 Å². The number of rotatable bonds is 7. The van der Waals surface area contributed by atoms with Crippen LogP contribution in [0.1, 0.15) is 27.7 Å². The van der Waals surface area contributed by atoms with Gasteiger partial charge in [-0.25, -0.2) is 0 Å². The summed E-state index contributed by atoms with van der Waals surface area (Å²) in [4.78, 5) is 28.5. The molecule has 0 radical (unpaired) electrons. The smallest absolute Gasteiger partial charge is 0.296 e. The largest absolute Gasteiger partial charge is 0.503 e. The predicted octanol–water partition coefficient (Wildman–Crippen LogP) is 8.32. The molecule has 5 aromatic rings. The summed E-state index contributed by atoms with van der Waals surface area (Å²) in [5.41, 5.74) is 1.81. The fourth-order valence-electron chi connectivity index (χ4n) is 4.36. The molecule has 1 atom stereocenters. The first-order valence-electron chi connectivity index (χ1n) is 11.8. The number of halogens is 3. The van der Waals surface area contributed by atoms with E-state index >= 15 is 0 Å². The summed E-state index contributed by atoms with van der Waals surface area (Å²) in [6.45, 7) is 0. The average Bonchev–Trinajstić information content (AvgIpc) is 3.65. The molecule has 1 amide bonds. The number of thioether (sulfide) groups is 1.